The highest BCUT2D eigenvalue weighted by molar-refractivity contribution is 7.99. The molecular formula is C29H35F8N3O2S. The number of halogens is 8. The van der Waals surface area contributed by atoms with Crippen LogP contribution in [0.4, 0.5) is 35.1 Å². The van der Waals surface area contributed by atoms with Crippen LogP contribution < -0.4 is 10.6 Å². The second-order valence-corrected chi connectivity index (χ2v) is 9.15. The number of benzene rings is 1. The Morgan fingerprint density at radius 3 is 1.95 bits per heavy atom. The Bertz CT molecular complexity index is 1080. The van der Waals surface area contributed by atoms with Crippen molar-refractivity contribution in [1.29, 1.82) is 0 Å². The van der Waals surface area contributed by atoms with Crippen molar-refractivity contribution in [3.8, 4) is 12.8 Å². The summed E-state index contributed by atoms with van der Waals surface area (Å²) in [5.41, 5.74) is 0.576. The van der Waals surface area contributed by atoms with E-state index in [2.05, 4.69) is 28.5 Å². The van der Waals surface area contributed by atoms with Gasteiger partial charge in [-0.15, -0.1) is 12.8 Å². The van der Waals surface area contributed by atoms with E-state index in [1.165, 1.54) is 24.9 Å². The van der Waals surface area contributed by atoms with Crippen molar-refractivity contribution < 1.29 is 44.7 Å². The fourth-order valence-corrected chi connectivity index (χ4v) is 3.24. The van der Waals surface area contributed by atoms with Crippen molar-refractivity contribution in [3.63, 3.8) is 0 Å². The highest BCUT2D eigenvalue weighted by atomic mass is 32.2. The van der Waals surface area contributed by atoms with Crippen LogP contribution in [-0.4, -0.2) is 68.6 Å². The smallest absolute Gasteiger partial charge is 0.316 e. The predicted octanol–water partition coefficient (Wildman–Crippen LogP) is 6.71. The van der Waals surface area contributed by atoms with E-state index in [0.29, 0.717) is 12.0 Å². The quantitative estimate of drug-likeness (QED) is 0.116. The summed E-state index contributed by atoms with van der Waals surface area (Å²) in [4.78, 5) is 24.4. The first-order valence-corrected chi connectivity index (χ1v) is 13.8. The third-order valence-electron chi connectivity index (χ3n) is 5.17. The lowest BCUT2D eigenvalue weighted by atomic mass is 9.96. The van der Waals surface area contributed by atoms with Gasteiger partial charge in [-0.25, -0.2) is 8.78 Å². The van der Waals surface area contributed by atoms with E-state index in [1.54, 1.807) is 30.3 Å². The van der Waals surface area contributed by atoms with Crippen molar-refractivity contribution in [2.45, 2.75) is 44.1 Å². The normalized spacial score (nSPS) is 12.2. The predicted molar refractivity (Wildman–Crippen MR) is 155 cm³/mol. The van der Waals surface area contributed by atoms with Gasteiger partial charge in [-0.05, 0) is 56.5 Å². The van der Waals surface area contributed by atoms with Gasteiger partial charge in [-0.2, -0.15) is 38.1 Å². The standard InChI is InChI=1S/C15H18F5N3O.C9H9F3.C3H6OS.C2H2/c1-21-6-10(8-24)11(5-13(22-2)15(18,19)20)12-4-3-9(7-23-12)14(16)17;10-9(11,12)7-6-8-4-2-1-3-5-8;1-5-3-2-4;1-2/h3-4,7-8,13-14,21-22H,5-6H2,1-2H3;1-5H,6-7H2;2H,3H2,1H3;1-2H/b11-10+;;;/t13-;;;/m1.../s1. The Kier molecular flexibility index (Phi) is 22.6. The number of thioether (sulfide) groups is 1. The second kappa shape index (κ2) is 23.2. The number of nitrogens with one attached hydrogen (secondary N) is 2. The molecule has 43 heavy (non-hydrogen) atoms. The molecule has 0 aliphatic carbocycles. The highest BCUT2D eigenvalue weighted by Gasteiger charge is 2.39. The Morgan fingerprint density at radius 1 is 1.00 bits per heavy atom. The Labute approximate surface area is 250 Å². The van der Waals surface area contributed by atoms with Crippen LogP contribution in [0.25, 0.3) is 5.57 Å². The number of likely N-dealkylation sites (N-methyl/N-ethyl adjacent to an activating group) is 1. The van der Waals surface area contributed by atoms with Crippen LogP contribution in [0.2, 0.25) is 0 Å². The summed E-state index contributed by atoms with van der Waals surface area (Å²) in [6.45, 7) is 0.0331. The van der Waals surface area contributed by atoms with Crippen LogP contribution in [0.15, 0.2) is 54.2 Å². The number of aromatic nitrogens is 1. The molecule has 0 saturated carbocycles. The molecule has 2 N–H and O–H groups in total. The van der Waals surface area contributed by atoms with Crippen LogP contribution >= 0.6 is 11.8 Å². The van der Waals surface area contributed by atoms with E-state index in [1.807, 2.05) is 6.26 Å². The molecular weight excluding hydrogens is 606 g/mol. The first-order valence-electron chi connectivity index (χ1n) is 12.4. The molecule has 240 valence electrons. The molecule has 2 aromatic rings. The van der Waals surface area contributed by atoms with Gasteiger partial charge in [0.2, 0.25) is 0 Å². The summed E-state index contributed by atoms with van der Waals surface area (Å²) in [5, 5.41) is 4.84. The number of carbonyl (C=O) groups excluding carboxylic acids is 2. The summed E-state index contributed by atoms with van der Waals surface area (Å²) < 4.78 is 99.4. The fourth-order valence-electron chi connectivity index (χ4n) is 3.11. The van der Waals surface area contributed by atoms with Crippen LogP contribution in [0.1, 0.15) is 36.1 Å². The fraction of sp³-hybridized carbons (Fsp3) is 0.414. The molecule has 0 saturated heterocycles. The molecule has 1 aromatic heterocycles. The number of carbonyl (C=O) groups is 2. The molecule has 0 fully saturated rings. The first kappa shape index (κ1) is 41.9. The van der Waals surface area contributed by atoms with Gasteiger partial charge in [0.05, 0.1) is 5.69 Å². The molecule has 1 heterocycles. The number of nitrogens with zero attached hydrogens (tertiary/aromatic N) is 1. The monoisotopic (exact) mass is 641 g/mol. The Morgan fingerprint density at radius 2 is 1.60 bits per heavy atom. The van der Waals surface area contributed by atoms with Crippen LogP contribution in [-0.2, 0) is 16.0 Å². The third kappa shape index (κ3) is 19.5. The Balaban J connectivity index is 0. The van der Waals surface area contributed by atoms with Crippen molar-refractivity contribution in [2.24, 2.45) is 0 Å². The summed E-state index contributed by atoms with van der Waals surface area (Å²) in [5.74, 6) is 0.625. The molecule has 14 heteroatoms. The second-order valence-electron chi connectivity index (χ2n) is 8.24. The number of alkyl halides is 8. The molecule has 1 aromatic carbocycles. The number of rotatable bonds is 12. The number of aldehydes is 2. The van der Waals surface area contributed by atoms with Gasteiger partial charge < -0.3 is 15.4 Å². The average molecular weight is 642 g/mol. The maximum Gasteiger partial charge on any atom is 0.404 e. The zero-order valence-electron chi connectivity index (χ0n) is 23.8. The molecule has 1 atom stereocenters. The lowest BCUT2D eigenvalue weighted by molar-refractivity contribution is -0.153. The van der Waals surface area contributed by atoms with Crippen molar-refractivity contribution in [3.05, 3.63) is 71.1 Å². The zero-order chi connectivity index (χ0) is 33.5. The Hall–Kier alpha value is -3.28. The molecule has 0 radical (unpaired) electrons. The van der Waals surface area contributed by atoms with Crippen LogP contribution in [0, 0.1) is 12.8 Å². The topological polar surface area (TPSA) is 71.1 Å². The van der Waals surface area contributed by atoms with Crippen LogP contribution in [0.5, 0.6) is 0 Å². The molecule has 0 amide bonds. The van der Waals surface area contributed by atoms with Gasteiger partial charge in [0.1, 0.15) is 18.6 Å². The van der Waals surface area contributed by atoms with Gasteiger partial charge in [-0.3, -0.25) is 9.78 Å². The third-order valence-corrected chi connectivity index (χ3v) is 5.64. The number of pyridine rings is 1. The minimum absolute atomic E-state index is 0.0331. The lowest BCUT2D eigenvalue weighted by Gasteiger charge is -2.22. The average Bonchev–Trinajstić information content (AvgIpc) is 2.97. The minimum atomic E-state index is -4.53. The summed E-state index contributed by atoms with van der Waals surface area (Å²) in [6, 6.07) is 9.05. The van der Waals surface area contributed by atoms with E-state index < -0.39 is 37.7 Å². The van der Waals surface area contributed by atoms with Crippen molar-refractivity contribution in [2.75, 3.05) is 32.6 Å². The summed E-state index contributed by atoms with van der Waals surface area (Å²) in [6.07, 6.45) is -0.396. The number of hydrogen-bond donors (Lipinski definition) is 2. The lowest BCUT2D eigenvalue weighted by Crippen LogP contribution is -2.40. The summed E-state index contributed by atoms with van der Waals surface area (Å²) in [7, 11) is 2.69. The molecule has 0 aliphatic heterocycles. The van der Waals surface area contributed by atoms with Crippen molar-refractivity contribution >= 4 is 29.9 Å². The van der Waals surface area contributed by atoms with Gasteiger partial charge in [0, 0.05) is 36.1 Å². The van der Waals surface area contributed by atoms with Gasteiger partial charge in [0.25, 0.3) is 6.43 Å². The first-order chi connectivity index (χ1) is 20.2. The van der Waals surface area contributed by atoms with E-state index in [9.17, 15) is 44.7 Å². The largest absolute Gasteiger partial charge is 0.404 e. The number of terminal acetylenes is 1. The highest BCUT2D eigenvalue weighted by Crippen LogP contribution is 2.30. The molecule has 2 rings (SSSR count). The molecule has 0 aliphatic rings. The van der Waals surface area contributed by atoms with E-state index >= 15 is 0 Å². The number of hydrogen-bond acceptors (Lipinski definition) is 6. The number of aryl methyl sites for hydroxylation is 1. The molecule has 0 spiro atoms. The van der Waals surface area contributed by atoms with E-state index in [-0.39, 0.29) is 35.4 Å². The minimum Gasteiger partial charge on any atom is -0.316 e. The van der Waals surface area contributed by atoms with Gasteiger partial charge in [0.15, 0.2) is 0 Å². The van der Waals surface area contributed by atoms with E-state index in [0.717, 1.165) is 31.2 Å². The molecule has 5 nitrogen and oxygen atoms in total. The SMILES string of the molecule is C#C.CNC/C(C=O)=C(/C[C@@H](NC)C(F)(F)F)c1ccc(C(F)F)cn1.CSCC=O.FC(F)(F)CCc1ccccc1. The van der Waals surface area contributed by atoms with Crippen molar-refractivity contribution in [1.82, 2.24) is 15.6 Å². The van der Waals surface area contributed by atoms with Gasteiger partial charge in [-0.1, -0.05) is 30.3 Å². The van der Waals surface area contributed by atoms with E-state index in [4.69, 9.17) is 0 Å². The van der Waals surface area contributed by atoms with Crippen LogP contribution in [0.3, 0.4) is 0 Å². The molecule has 0 unspecified atom stereocenters. The zero-order valence-corrected chi connectivity index (χ0v) is 24.6. The summed E-state index contributed by atoms with van der Waals surface area (Å²) >= 11 is 1.53. The maximum atomic E-state index is 13.0. The molecule has 0 bridgehead atoms. The van der Waals surface area contributed by atoms with Gasteiger partial charge >= 0.3 is 12.4 Å². The maximum absolute atomic E-state index is 13.0.